The second-order valence-electron chi connectivity index (χ2n) is 2.93. The summed E-state index contributed by atoms with van der Waals surface area (Å²) in [7, 11) is 0. The van der Waals surface area contributed by atoms with Crippen LogP contribution in [0.1, 0.15) is 25.0 Å². The quantitative estimate of drug-likeness (QED) is 0.774. The smallest absolute Gasteiger partial charge is 0.162 e. The number of nitriles is 2. The highest BCUT2D eigenvalue weighted by Gasteiger charge is 2.11. The number of benzene rings is 1. The van der Waals surface area contributed by atoms with Crippen molar-refractivity contribution < 1.29 is 9.47 Å². The SMILES string of the molecule is CCOc1cc(C#N)c(C#N)cc1OCC. The molecule has 16 heavy (non-hydrogen) atoms. The molecule has 0 atom stereocenters. The van der Waals surface area contributed by atoms with Crippen LogP contribution in [-0.4, -0.2) is 13.2 Å². The molecule has 0 amide bonds. The molecule has 1 aromatic carbocycles. The van der Waals surface area contributed by atoms with Gasteiger partial charge in [0, 0.05) is 12.1 Å². The maximum atomic E-state index is 8.87. The third-order valence-corrected chi connectivity index (χ3v) is 1.92. The fourth-order valence-corrected chi connectivity index (χ4v) is 1.28. The van der Waals surface area contributed by atoms with E-state index in [1.54, 1.807) is 0 Å². The second kappa shape index (κ2) is 5.63. The summed E-state index contributed by atoms with van der Waals surface area (Å²) >= 11 is 0. The van der Waals surface area contributed by atoms with Crippen LogP contribution in [0.5, 0.6) is 11.5 Å². The zero-order valence-electron chi connectivity index (χ0n) is 9.28. The van der Waals surface area contributed by atoms with Crippen LogP contribution in [0, 0.1) is 22.7 Å². The normalized spacial score (nSPS) is 9.00. The van der Waals surface area contributed by atoms with Crippen molar-refractivity contribution in [3.05, 3.63) is 23.3 Å². The molecule has 0 saturated carbocycles. The van der Waals surface area contributed by atoms with Crippen molar-refractivity contribution in [3.63, 3.8) is 0 Å². The highest BCUT2D eigenvalue weighted by molar-refractivity contribution is 5.56. The van der Waals surface area contributed by atoms with Crippen molar-refractivity contribution in [1.82, 2.24) is 0 Å². The number of ether oxygens (including phenoxy) is 2. The Labute approximate surface area is 94.6 Å². The minimum Gasteiger partial charge on any atom is -0.490 e. The van der Waals surface area contributed by atoms with Crippen LogP contribution in [0.2, 0.25) is 0 Å². The summed E-state index contributed by atoms with van der Waals surface area (Å²) in [5.74, 6) is 1.000. The van der Waals surface area contributed by atoms with Crippen LogP contribution < -0.4 is 9.47 Å². The third-order valence-electron chi connectivity index (χ3n) is 1.92. The Balaban J connectivity index is 3.26. The van der Waals surface area contributed by atoms with Gasteiger partial charge in [0.05, 0.1) is 24.3 Å². The van der Waals surface area contributed by atoms with Crippen molar-refractivity contribution in [2.45, 2.75) is 13.8 Å². The average Bonchev–Trinajstić information content (AvgIpc) is 2.31. The Morgan fingerprint density at radius 1 is 0.938 bits per heavy atom. The first-order valence-corrected chi connectivity index (χ1v) is 5.00. The summed E-state index contributed by atoms with van der Waals surface area (Å²) in [5.41, 5.74) is 0.601. The molecular formula is C12H12N2O2. The highest BCUT2D eigenvalue weighted by Crippen LogP contribution is 2.30. The monoisotopic (exact) mass is 216 g/mol. The first kappa shape index (κ1) is 11.9. The summed E-state index contributed by atoms with van der Waals surface area (Å²) in [6.07, 6.45) is 0. The second-order valence-corrected chi connectivity index (χ2v) is 2.93. The number of nitrogens with zero attached hydrogens (tertiary/aromatic N) is 2. The molecule has 1 rings (SSSR count). The van der Waals surface area contributed by atoms with E-state index in [9.17, 15) is 0 Å². The summed E-state index contributed by atoms with van der Waals surface area (Å²) in [6.45, 7) is 4.66. The van der Waals surface area contributed by atoms with Crippen molar-refractivity contribution in [1.29, 1.82) is 10.5 Å². The van der Waals surface area contributed by atoms with Crippen LogP contribution in [0.25, 0.3) is 0 Å². The molecule has 0 aliphatic rings. The standard InChI is InChI=1S/C12H12N2O2/c1-3-15-11-5-9(7-13)10(8-14)6-12(11)16-4-2/h5-6H,3-4H2,1-2H3. The van der Waals surface area contributed by atoms with E-state index in [1.807, 2.05) is 26.0 Å². The molecule has 0 unspecified atom stereocenters. The van der Waals surface area contributed by atoms with Gasteiger partial charge >= 0.3 is 0 Å². The van der Waals surface area contributed by atoms with Gasteiger partial charge in [0.15, 0.2) is 11.5 Å². The lowest BCUT2D eigenvalue weighted by atomic mass is 10.1. The summed E-state index contributed by atoms with van der Waals surface area (Å²) in [4.78, 5) is 0. The third kappa shape index (κ3) is 2.43. The van der Waals surface area contributed by atoms with Gasteiger partial charge in [-0.25, -0.2) is 0 Å². The number of rotatable bonds is 4. The molecule has 0 radical (unpaired) electrons. The predicted molar refractivity (Wildman–Crippen MR) is 58.2 cm³/mol. The van der Waals surface area contributed by atoms with E-state index in [2.05, 4.69) is 0 Å². The number of hydrogen-bond donors (Lipinski definition) is 0. The van der Waals surface area contributed by atoms with E-state index < -0.39 is 0 Å². The van der Waals surface area contributed by atoms with Gasteiger partial charge in [-0.05, 0) is 13.8 Å². The van der Waals surface area contributed by atoms with Crippen molar-refractivity contribution >= 4 is 0 Å². The molecule has 0 heterocycles. The molecular weight excluding hydrogens is 204 g/mol. The van der Waals surface area contributed by atoms with Crippen molar-refractivity contribution in [3.8, 4) is 23.6 Å². The fourth-order valence-electron chi connectivity index (χ4n) is 1.28. The van der Waals surface area contributed by atoms with Crippen molar-refractivity contribution in [2.24, 2.45) is 0 Å². The van der Waals surface area contributed by atoms with Crippen LogP contribution in [-0.2, 0) is 0 Å². The van der Waals surface area contributed by atoms with Gasteiger partial charge in [-0.1, -0.05) is 0 Å². The van der Waals surface area contributed by atoms with E-state index in [-0.39, 0.29) is 0 Å². The zero-order valence-corrected chi connectivity index (χ0v) is 9.28. The number of hydrogen-bond acceptors (Lipinski definition) is 4. The molecule has 0 aliphatic carbocycles. The lowest BCUT2D eigenvalue weighted by molar-refractivity contribution is 0.287. The first-order chi connectivity index (χ1) is 7.76. The van der Waals surface area contributed by atoms with E-state index >= 15 is 0 Å². The molecule has 0 aliphatic heterocycles. The summed E-state index contributed by atoms with van der Waals surface area (Å²) in [6, 6.07) is 6.98. The largest absolute Gasteiger partial charge is 0.490 e. The van der Waals surface area contributed by atoms with Gasteiger partial charge in [-0.15, -0.1) is 0 Å². The van der Waals surface area contributed by atoms with Gasteiger partial charge < -0.3 is 9.47 Å². The van der Waals surface area contributed by atoms with E-state index in [0.29, 0.717) is 35.8 Å². The van der Waals surface area contributed by atoms with Gasteiger partial charge in [0.1, 0.15) is 12.1 Å². The van der Waals surface area contributed by atoms with Crippen LogP contribution in [0.4, 0.5) is 0 Å². The van der Waals surface area contributed by atoms with Gasteiger partial charge in [0.2, 0.25) is 0 Å². The van der Waals surface area contributed by atoms with E-state index in [1.165, 1.54) is 12.1 Å². The first-order valence-electron chi connectivity index (χ1n) is 5.00. The Hall–Kier alpha value is -2.20. The van der Waals surface area contributed by atoms with Gasteiger partial charge in [-0.2, -0.15) is 10.5 Å². The van der Waals surface area contributed by atoms with E-state index in [0.717, 1.165) is 0 Å². The maximum absolute atomic E-state index is 8.87. The maximum Gasteiger partial charge on any atom is 0.162 e. The molecule has 0 bridgehead atoms. The molecule has 0 fully saturated rings. The topological polar surface area (TPSA) is 66.0 Å². The lowest BCUT2D eigenvalue weighted by Crippen LogP contribution is -2.00. The molecule has 4 heteroatoms. The highest BCUT2D eigenvalue weighted by atomic mass is 16.5. The van der Waals surface area contributed by atoms with Crippen LogP contribution in [0.3, 0.4) is 0 Å². The Morgan fingerprint density at radius 3 is 1.56 bits per heavy atom. The van der Waals surface area contributed by atoms with E-state index in [4.69, 9.17) is 20.0 Å². The minimum absolute atomic E-state index is 0.300. The van der Waals surface area contributed by atoms with Gasteiger partial charge in [-0.3, -0.25) is 0 Å². The van der Waals surface area contributed by atoms with Crippen molar-refractivity contribution in [2.75, 3.05) is 13.2 Å². The molecule has 0 spiro atoms. The van der Waals surface area contributed by atoms with Crippen LogP contribution in [0.15, 0.2) is 12.1 Å². The molecule has 82 valence electrons. The Bertz CT molecular complexity index is 412. The molecule has 0 saturated heterocycles. The Kier molecular flexibility index (Phi) is 4.17. The summed E-state index contributed by atoms with van der Waals surface area (Å²) in [5, 5.41) is 17.7. The average molecular weight is 216 g/mol. The predicted octanol–water partition coefficient (Wildman–Crippen LogP) is 2.23. The molecule has 4 nitrogen and oxygen atoms in total. The summed E-state index contributed by atoms with van der Waals surface area (Å²) < 4.78 is 10.7. The molecule has 0 N–H and O–H groups in total. The fraction of sp³-hybridized carbons (Fsp3) is 0.333. The van der Waals surface area contributed by atoms with Gasteiger partial charge in [0.25, 0.3) is 0 Å². The zero-order chi connectivity index (χ0) is 12.0. The minimum atomic E-state index is 0.300. The lowest BCUT2D eigenvalue weighted by Gasteiger charge is -2.11. The molecule has 0 aromatic heterocycles. The Morgan fingerprint density at radius 2 is 1.31 bits per heavy atom. The van der Waals surface area contributed by atoms with Crippen LogP contribution >= 0.6 is 0 Å². The molecule has 1 aromatic rings.